The van der Waals surface area contributed by atoms with Gasteiger partial charge >= 0.3 is 5.97 Å². The number of carbonyl (C=O) groups is 1. The molecule has 84 valence electrons. The van der Waals surface area contributed by atoms with Gasteiger partial charge in [0.1, 0.15) is 5.75 Å². The molecule has 2 rings (SSSR count). The molecule has 0 aliphatic heterocycles. The van der Waals surface area contributed by atoms with Crippen molar-refractivity contribution in [1.82, 2.24) is 0 Å². The van der Waals surface area contributed by atoms with E-state index in [0.29, 0.717) is 6.42 Å². The highest BCUT2D eigenvalue weighted by molar-refractivity contribution is 5.93. The second kappa shape index (κ2) is 3.37. The zero-order valence-electron chi connectivity index (χ0n) is 9.32. The number of carboxylic acid groups (broad SMARTS) is 1. The van der Waals surface area contributed by atoms with Crippen molar-refractivity contribution in [3.63, 3.8) is 0 Å². The number of aromatic hydroxyl groups is 1. The number of benzene rings is 1. The van der Waals surface area contributed by atoms with Crippen LogP contribution in [0.2, 0.25) is 0 Å². The van der Waals surface area contributed by atoms with Gasteiger partial charge in [-0.2, -0.15) is 0 Å². The molecule has 2 N–H and O–H groups in total. The van der Waals surface area contributed by atoms with E-state index < -0.39 is 11.4 Å². The van der Waals surface area contributed by atoms with Crippen LogP contribution in [0.3, 0.4) is 0 Å². The van der Waals surface area contributed by atoms with Crippen LogP contribution in [0.4, 0.5) is 0 Å². The summed E-state index contributed by atoms with van der Waals surface area (Å²) in [5.41, 5.74) is 1.87. The average molecular weight is 218 g/mol. The lowest BCUT2D eigenvalue weighted by Crippen LogP contribution is -2.24. The van der Waals surface area contributed by atoms with Crippen molar-refractivity contribution >= 4 is 11.5 Å². The van der Waals surface area contributed by atoms with E-state index >= 15 is 0 Å². The third-order valence-corrected chi connectivity index (χ3v) is 3.11. The number of phenolic OH excluding ortho intramolecular Hbond substituents is 1. The molecule has 1 aromatic rings. The maximum atomic E-state index is 11.2. The number of carboxylic acids is 1. The third-order valence-electron chi connectivity index (χ3n) is 3.11. The van der Waals surface area contributed by atoms with Crippen LogP contribution in [0.1, 0.15) is 25.0 Å². The van der Waals surface area contributed by atoms with Crippen molar-refractivity contribution in [3.05, 3.63) is 35.4 Å². The normalized spacial score (nSPS) is 14.5. The maximum Gasteiger partial charge on any atom is 0.313 e. The Hall–Kier alpha value is -1.77. The molecule has 0 saturated heterocycles. The Labute approximate surface area is 94.0 Å². The van der Waals surface area contributed by atoms with Gasteiger partial charge < -0.3 is 10.2 Å². The van der Waals surface area contributed by atoms with Crippen LogP contribution < -0.4 is 0 Å². The minimum Gasteiger partial charge on any atom is -0.508 e. The summed E-state index contributed by atoms with van der Waals surface area (Å²) in [7, 11) is 0. The van der Waals surface area contributed by atoms with Gasteiger partial charge in [-0.15, -0.1) is 0 Å². The summed E-state index contributed by atoms with van der Waals surface area (Å²) in [5, 5.41) is 18.5. The zero-order valence-corrected chi connectivity index (χ0v) is 9.32. The molecule has 0 atom stereocenters. The van der Waals surface area contributed by atoms with Crippen LogP contribution in [0, 0.1) is 5.41 Å². The van der Waals surface area contributed by atoms with E-state index in [2.05, 4.69) is 0 Å². The molecule has 0 aromatic heterocycles. The quantitative estimate of drug-likeness (QED) is 0.801. The topological polar surface area (TPSA) is 57.5 Å². The van der Waals surface area contributed by atoms with E-state index in [1.54, 1.807) is 32.0 Å². The molecule has 0 amide bonds. The smallest absolute Gasteiger partial charge is 0.313 e. The molecule has 3 nitrogen and oxygen atoms in total. The van der Waals surface area contributed by atoms with Crippen molar-refractivity contribution in [2.24, 2.45) is 5.41 Å². The van der Waals surface area contributed by atoms with Crippen LogP contribution in [-0.4, -0.2) is 16.2 Å². The first kappa shape index (κ1) is 10.7. The second-order valence-corrected chi connectivity index (χ2v) is 4.59. The maximum absolute atomic E-state index is 11.2. The van der Waals surface area contributed by atoms with Crippen LogP contribution in [0.5, 0.6) is 5.75 Å². The molecule has 0 radical (unpaired) electrons. The SMILES string of the molecule is CC(C)(C(=O)O)C1=CCc2cc(O)ccc21. The molecule has 1 aliphatic rings. The first-order chi connectivity index (χ1) is 7.43. The summed E-state index contributed by atoms with van der Waals surface area (Å²) < 4.78 is 0. The van der Waals surface area contributed by atoms with Gasteiger partial charge in [-0.1, -0.05) is 12.1 Å². The number of hydrogen-bond acceptors (Lipinski definition) is 2. The molecule has 1 aliphatic carbocycles. The summed E-state index contributed by atoms with van der Waals surface area (Å²) in [4.78, 5) is 11.2. The molecule has 0 heterocycles. The molecule has 16 heavy (non-hydrogen) atoms. The Morgan fingerprint density at radius 2 is 2.06 bits per heavy atom. The fourth-order valence-electron chi connectivity index (χ4n) is 2.04. The lowest BCUT2D eigenvalue weighted by atomic mass is 9.81. The van der Waals surface area contributed by atoms with E-state index in [1.807, 2.05) is 6.08 Å². The highest BCUT2D eigenvalue weighted by atomic mass is 16.4. The Balaban J connectivity index is 2.47. The number of rotatable bonds is 2. The van der Waals surface area contributed by atoms with E-state index in [1.165, 1.54) is 0 Å². The van der Waals surface area contributed by atoms with Gasteiger partial charge in [-0.3, -0.25) is 4.79 Å². The number of allylic oxidation sites excluding steroid dienone is 1. The molecule has 1 aromatic carbocycles. The lowest BCUT2D eigenvalue weighted by molar-refractivity contribution is -0.143. The van der Waals surface area contributed by atoms with Gasteiger partial charge in [0.25, 0.3) is 0 Å². The lowest BCUT2D eigenvalue weighted by Gasteiger charge is -2.22. The Morgan fingerprint density at radius 3 is 2.69 bits per heavy atom. The van der Waals surface area contributed by atoms with Crippen molar-refractivity contribution in [3.8, 4) is 5.75 Å². The summed E-state index contributed by atoms with van der Waals surface area (Å²) in [6.07, 6.45) is 2.62. The molecule has 0 unspecified atom stereocenters. The van der Waals surface area contributed by atoms with Crippen molar-refractivity contribution in [1.29, 1.82) is 0 Å². The Morgan fingerprint density at radius 1 is 1.38 bits per heavy atom. The van der Waals surface area contributed by atoms with E-state index in [4.69, 9.17) is 0 Å². The minimum absolute atomic E-state index is 0.224. The van der Waals surface area contributed by atoms with Gasteiger partial charge in [0.15, 0.2) is 0 Å². The predicted octanol–water partition coefficient (Wildman–Crippen LogP) is 2.44. The van der Waals surface area contributed by atoms with Crippen LogP contribution in [-0.2, 0) is 11.2 Å². The fourth-order valence-corrected chi connectivity index (χ4v) is 2.04. The highest BCUT2D eigenvalue weighted by Gasteiger charge is 2.35. The first-order valence-electron chi connectivity index (χ1n) is 5.19. The Kier molecular flexibility index (Phi) is 2.26. The van der Waals surface area contributed by atoms with Gasteiger partial charge in [-0.25, -0.2) is 0 Å². The fraction of sp³-hybridized carbons (Fsp3) is 0.308. The summed E-state index contributed by atoms with van der Waals surface area (Å²) in [5.74, 6) is -0.610. The van der Waals surface area contributed by atoms with Crippen molar-refractivity contribution in [2.45, 2.75) is 20.3 Å². The summed E-state index contributed by atoms with van der Waals surface area (Å²) >= 11 is 0. The van der Waals surface area contributed by atoms with Crippen molar-refractivity contribution < 1.29 is 15.0 Å². The van der Waals surface area contributed by atoms with Crippen LogP contribution in [0.15, 0.2) is 24.3 Å². The molecule has 0 saturated carbocycles. The van der Waals surface area contributed by atoms with Gasteiger partial charge in [0.05, 0.1) is 5.41 Å². The number of fused-ring (bicyclic) bond motifs is 1. The molecule has 0 spiro atoms. The molecular weight excluding hydrogens is 204 g/mol. The zero-order chi connectivity index (χ0) is 11.9. The van der Waals surface area contributed by atoms with Crippen LogP contribution >= 0.6 is 0 Å². The highest BCUT2D eigenvalue weighted by Crippen LogP contribution is 2.41. The minimum atomic E-state index is -0.887. The van der Waals surface area contributed by atoms with Crippen molar-refractivity contribution in [2.75, 3.05) is 0 Å². The summed E-state index contributed by atoms with van der Waals surface area (Å²) in [6.45, 7) is 3.40. The first-order valence-corrected chi connectivity index (χ1v) is 5.19. The average Bonchev–Trinajstić information content (AvgIpc) is 2.60. The summed E-state index contributed by atoms with van der Waals surface area (Å²) in [6, 6.07) is 5.07. The van der Waals surface area contributed by atoms with Gasteiger partial charge in [0, 0.05) is 0 Å². The third kappa shape index (κ3) is 1.48. The van der Waals surface area contributed by atoms with Crippen LogP contribution in [0.25, 0.3) is 5.57 Å². The Bertz CT molecular complexity index is 484. The monoisotopic (exact) mass is 218 g/mol. The number of aliphatic carboxylic acids is 1. The number of phenols is 1. The molecule has 0 fully saturated rings. The second-order valence-electron chi connectivity index (χ2n) is 4.59. The van der Waals surface area contributed by atoms with E-state index in [0.717, 1.165) is 16.7 Å². The van der Waals surface area contributed by atoms with Gasteiger partial charge in [0.2, 0.25) is 0 Å². The standard InChI is InChI=1S/C13H14O3/c1-13(2,12(15)16)11-6-3-8-7-9(14)4-5-10(8)11/h4-7,14H,3H2,1-2H3,(H,15,16). The molecule has 0 bridgehead atoms. The predicted molar refractivity (Wildman–Crippen MR) is 61.2 cm³/mol. The molecular formula is C13H14O3. The molecule has 3 heteroatoms. The number of hydrogen-bond donors (Lipinski definition) is 2. The van der Waals surface area contributed by atoms with Gasteiger partial charge in [-0.05, 0) is 49.1 Å². The largest absolute Gasteiger partial charge is 0.508 e. The van der Waals surface area contributed by atoms with E-state index in [9.17, 15) is 15.0 Å². The van der Waals surface area contributed by atoms with E-state index in [-0.39, 0.29) is 5.75 Å².